The lowest BCUT2D eigenvalue weighted by molar-refractivity contribution is 0.402. The van der Waals surface area contributed by atoms with Crippen molar-refractivity contribution in [3.05, 3.63) is 22.7 Å². The standard InChI is InChI=1S/C10H12BrNO3S/c1-15-9-5-2-7(11)6-10(9)16(13,14)12-8-3-4-8/h2,5-6,8,12H,3-4H2,1H3. The molecule has 1 aromatic carbocycles. The van der Waals surface area contributed by atoms with Crippen LogP contribution in [0, 0.1) is 0 Å². The number of hydrogen-bond donors (Lipinski definition) is 1. The highest BCUT2D eigenvalue weighted by molar-refractivity contribution is 9.10. The summed E-state index contributed by atoms with van der Waals surface area (Å²) in [6.45, 7) is 0. The molecular formula is C10H12BrNO3S. The molecule has 0 aliphatic heterocycles. The summed E-state index contributed by atoms with van der Waals surface area (Å²) in [4.78, 5) is 0.177. The molecule has 6 heteroatoms. The molecule has 0 radical (unpaired) electrons. The van der Waals surface area contributed by atoms with Gasteiger partial charge in [0.1, 0.15) is 10.6 Å². The van der Waals surface area contributed by atoms with Gasteiger partial charge in [0.15, 0.2) is 0 Å². The van der Waals surface area contributed by atoms with Gasteiger partial charge in [-0.3, -0.25) is 0 Å². The summed E-state index contributed by atoms with van der Waals surface area (Å²) in [6, 6.07) is 5.01. The maximum absolute atomic E-state index is 12.0. The molecule has 1 fully saturated rings. The number of benzene rings is 1. The summed E-state index contributed by atoms with van der Waals surface area (Å²) in [5.74, 6) is 0.358. The number of ether oxygens (including phenoxy) is 1. The van der Waals surface area contributed by atoms with Crippen molar-refractivity contribution in [2.45, 2.75) is 23.8 Å². The molecule has 0 heterocycles. The SMILES string of the molecule is COc1ccc(Br)cc1S(=O)(=O)NC1CC1. The highest BCUT2D eigenvalue weighted by Gasteiger charge is 2.29. The van der Waals surface area contributed by atoms with Crippen molar-refractivity contribution in [2.24, 2.45) is 0 Å². The van der Waals surface area contributed by atoms with Crippen LogP contribution in [0.25, 0.3) is 0 Å². The van der Waals surface area contributed by atoms with Gasteiger partial charge in [-0.1, -0.05) is 15.9 Å². The van der Waals surface area contributed by atoms with Crippen LogP contribution in [-0.2, 0) is 10.0 Å². The molecule has 0 unspecified atom stereocenters. The minimum absolute atomic E-state index is 0.0914. The average Bonchev–Trinajstić information content (AvgIpc) is 3.01. The Labute approximate surface area is 103 Å². The quantitative estimate of drug-likeness (QED) is 0.924. The van der Waals surface area contributed by atoms with Crippen LogP contribution in [0.1, 0.15) is 12.8 Å². The monoisotopic (exact) mass is 305 g/mol. The zero-order chi connectivity index (χ0) is 11.8. The molecule has 88 valence electrons. The molecule has 0 amide bonds. The Morgan fingerprint density at radius 2 is 2.12 bits per heavy atom. The Hall–Kier alpha value is -0.590. The Bertz CT molecular complexity index is 497. The van der Waals surface area contributed by atoms with Crippen LogP contribution < -0.4 is 9.46 Å². The molecule has 16 heavy (non-hydrogen) atoms. The first-order chi connectivity index (χ1) is 7.53. The smallest absolute Gasteiger partial charge is 0.244 e. The molecule has 0 spiro atoms. The van der Waals surface area contributed by atoms with Gasteiger partial charge in [0.05, 0.1) is 7.11 Å². The zero-order valence-corrected chi connectivity index (χ0v) is 11.1. The third kappa shape index (κ3) is 2.56. The van der Waals surface area contributed by atoms with Crippen molar-refractivity contribution in [1.82, 2.24) is 4.72 Å². The number of methoxy groups -OCH3 is 1. The number of hydrogen-bond acceptors (Lipinski definition) is 3. The van der Waals surface area contributed by atoms with Crippen molar-refractivity contribution < 1.29 is 13.2 Å². The predicted octanol–water partition coefficient (Wildman–Crippen LogP) is 1.90. The van der Waals surface area contributed by atoms with Crippen LogP contribution in [0.2, 0.25) is 0 Å². The van der Waals surface area contributed by atoms with Crippen molar-refractivity contribution in [1.29, 1.82) is 0 Å². The summed E-state index contributed by atoms with van der Waals surface area (Å²) < 4.78 is 32.4. The van der Waals surface area contributed by atoms with E-state index in [0.717, 1.165) is 12.8 Å². The predicted molar refractivity (Wildman–Crippen MR) is 64.0 cm³/mol. The van der Waals surface area contributed by atoms with E-state index in [1.807, 2.05) is 0 Å². The topological polar surface area (TPSA) is 55.4 Å². The minimum atomic E-state index is -3.47. The molecule has 4 nitrogen and oxygen atoms in total. The van der Waals surface area contributed by atoms with Crippen LogP contribution in [0.4, 0.5) is 0 Å². The van der Waals surface area contributed by atoms with Crippen molar-refractivity contribution >= 4 is 26.0 Å². The lowest BCUT2D eigenvalue weighted by atomic mass is 10.3. The maximum atomic E-state index is 12.0. The van der Waals surface area contributed by atoms with Gasteiger partial charge in [0, 0.05) is 10.5 Å². The molecule has 1 aliphatic carbocycles. The summed E-state index contributed by atoms with van der Waals surface area (Å²) in [5, 5.41) is 0. The van der Waals surface area contributed by atoms with E-state index in [2.05, 4.69) is 20.7 Å². The summed E-state index contributed by atoms with van der Waals surface area (Å²) >= 11 is 3.25. The molecule has 1 saturated carbocycles. The van der Waals surface area contributed by atoms with Gasteiger partial charge in [0.25, 0.3) is 0 Å². The first-order valence-electron chi connectivity index (χ1n) is 4.89. The fourth-order valence-corrected chi connectivity index (χ4v) is 3.36. The second kappa shape index (κ2) is 4.35. The van der Waals surface area contributed by atoms with Gasteiger partial charge < -0.3 is 4.74 Å². The van der Waals surface area contributed by atoms with E-state index in [0.29, 0.717) is 10.2 Å². The zero-order valence-electron chi connectivity index (χ0n) is 8.73. The van der Waals surface area contributed by atoms with E-state index in [1.54, 1.807) is 18.2 Å². The third-order valence-electron chi connectivity index (χ3n) is 2.31. The van der Waals surface area contributed by atoms with Crippen LogP contribution in [0.3, 0.4) is 0 Å². The molecule has 0 bridgehead atoms. The molecule has 0 saturated heterocycles. The fourth-order valence-electron chi connectivity index (χ4n) is 1.34. The van der Waals surface area contributed by atoms with Gasteiger partial charge >= 0.3 is 0 Å². The number of rotatable bonds is 4. The van der Waals surface area contributed by atoms with E-state index in [1.165, 1.54) is 7.11 Å². The second-order valence-corrected chi connectivity index (χ2v) is 6.29. The number of sulfonamides is 1. The van der Waals surface area contributed by atoms with Gasteiger partial charge in [-0.15, -0.1) is 0 Å². The summed E-state index contributed by atoms with van der Waals surface area (Å²) in [7, 11) is -2.01. The third-order valence-corrected chi connectivity index (χ3v) is 4.35. The van der Waals surface area contributed by atoms with Crippen LogP contribution >= 0.6 is 15.9 Å². The van der Waals surface area contributed by atoms with Crippen LogP contribution in [0.5, 0.6) is 5.75 Å². The van der Waals surface area contributed by atoms with Crippen molar-refractivity contribution in [3.8, 4) is 5.75 Å². The van der Waals surface area contributed by atoms with E-state index in [9.17, 15) is 8.42 Å². The van der Waals surface area contributed by atoms with Gasteiger partial charge in [-0.05, 0) is 31.0 Å². The van der Waals surface area contributed by atoms with E-state index in [4.69, 9.17) is 4.74 Å². The molecule has 0 atom stereocenters. The normalized spacial score (nSPS) is 16.1. The summed E-state index contributed by atoms with van der Waals surface area (Å²) in [6.07, 6.45) is 1.82. The highest BCUT2D eigenvalue weighted by atomic mass is 79.9. The van der Waals surface area contributed by atoms with Crippen molar-refractivity contribution in [3.63, 3.8) is 0 Å². The molecule has 1 N–H and O–H groups in total. The molecule has 0 aromatic heterocycles. The molecule has 1 aliphatic rings. The van der Waals surface area contributed by atoms with E-state index < -0.39 is 10.0 Å². The Morgan fingerprint density at radius 1 is 1.44 bits per heavy atom. The first kappa shape index (κ1) is 11.9. The van der Waals surface area contributed by atoms with Gasteiger partial charge in [-0.25, -0.2) is 13.1 Å². The van der Waals surface area contributed by atoms with E-state index in [-0.39, 0.29) is 10.9 Å². The number of halogens is 1. The summed E-state index contributed by atoms with van der Waals surface area (Å²) in [5.41, 5.74) is 0. The van der Waals surface area contributed by atoms with Crippen molar-refractivity contribution in [2.75, 3.05) is 7.11 Å². The molecular weight excluding hydrogens is 294 g/mol. The van der Waals surface area contributed by atoms with E-state index >= 15 is 0 Å². The maximum Gasteiger partial charge on any atom is 0.244 e. The van der Waals surface area contributed by atoms with Gasteiger partial charge in [0.2, 0.25) is 10.0 Å². The number of nitrogens with one attached hydrogen (secondary N) is 1. The Morgan fingerprint density at radius 3 is 2.69 bits per heavy atom. The lowest BCUT2D eigenvalue weighted by Gasteiger charge is -2.10. The second-order valence-electron chi connectivity index (χ2n) is 3.69. The Kier molecular flexibility index (Phi) is 3.23. The van der Waals surface area contributed by atoms with Gasteiger partial charge in [-0.2, -0.15) is 0 Å². The lowest BCUT2D eigenvalue weighted by Crippen LogP contribution is -2.26. The average molecular weight is 306 g/mol. The molecule has 1 aromatic rings. The fraction of sp³-hybridized carbons (Fsp3) is 0.400. The Balaban J connectivity index is 2.40. The largest absolute Gasteiger partial charge is 0.495 e. The van der Waals surface area contributed by atoms with Crippen LogP contribution in [0.15, 0.2) is 27.6 Å². The highest BCUT2D eigenvalue weighted by Crippen LogP contribution is 2.29. The molecule has 2 rings (SSSR count). The minimum Gasteiger partial charge on any atom is -0.495 e. The van der Waals surface area contributed by atoms with Crippen LogP contribution in [-0.4, -0.2) is 21.6 Å². The first-order valence-corrected chi connectivity index (χ1v) is 7.16.